The molecule has 0 N–H and O–H groups in total. The number of likely N-dealkylation sites (tertiary alicyclic amines) is 1. The number of nitrogens with zero attached hydrogens (tertiary/aromatic N) is 6. The number of fused-ring (bicyclic) bond motifs is 1. The van der Waals surface area contributed by atoms with Crippen LogP contribution in [-0.2, 0) is 13.5 Å². The van der Waals surface area contributed by atoms with Gasteiger partial charge < -0.3 is 4.90 Å². The second kappa shape index (κ2) is 6.27. The van der Waals surface area contributed by atoms with Crippen molar-refractivity contribution in [3.8, 4) is 0 Å². The molecule has 2 aliphatic rings. The molecule has 7 heteroatoms. The first-order chi connectivity index (χ1) is 13.1. The predicted molar refractivity (Wildman–Crippen MR) is 109 cm³/mol. The van der Waals surface area contributed by atoms with E-state index in [0.717, 1.165) is 43.2 Å². The molecule has 0 radical (unpaired) electrons. The molecule has 6 nitrogen and oxygen atoms in total. The van der Waals surface area contributed by atoms with Crippen molar-refractivity contribution in [3.63, 3.8) is 0 Å². The molecule has 0 saturated carbocycles. The van der Waals surface area contributed by atoms with E-state index in [0.29, 0.717) is 11.5 Å². The molecule has 3 aromatic heterocycles. The zero-order valence-corrected chi connectivity index (χ0v) is 17.0. The van der Waals surface area contributed by atoms with Crippen LogP contribution < -0.4 is 4.90 Å². The Labute approximate surface area is 163 Å². The van der Waals surface area contributed by atoms with E-state index in [1.807, 2.05) is 17.9 Å². The van der Waals surface area contributed by atoms with Crippen LogP contribution in [0.5, 0.6) is 0 Å². The maximum absolute atomic E-state index is 4.66. The molecule has 1 spiro atoms. The summed E-state index contributed by atoms with van der Waals surface area (Å²) >= 11 is 1.80. The monoisotopic (exact) mass is 382 g/mol. The number of hydrogen-bond acceptors (Lipinski definition) is 6. The van der Waals surface area contributed by atoms with Gasteiger partial charge in [0, 0.05) is 61.3 Å². The number of rotatable bonds is 4. The second-order valence-corrected chi connectivity index (χ2v) is 9.30. The van der Waals surface area contributed by atoms with Gasteiger partial charge >= 0.3 is 0 Å². The fourth-order valence-corrected chi connectivity index (χ4v) is 5.58. The van der Waals surface area contributed by atoms with Crippen LogP contribution in [0.4, 0.5) is 5.82 Å². The lowest BCUT2D eigenvalue weighted by molar-refractivity contribution is -0.0120. The highest BCUT2D eigenvalue weighted by Gasteiger charge is 2.49. The first kappa shape index (κ1) is 17.1. The Hall–Kier alpha value is -1.99. The number of hydrogen-bond donors (Lipinski definition) is 0. The van der Waals surface area contributed by atoms with Gasteiger partial charge in [-0.1, -0.05) is 6.92 Å². The Morgan fingerprint density at radius 2 is 2.11 bits per heavy atom. The second-order valence-electron chi connectivity index (χ2n) is 8.18. The average molecular weight is 383 g/mol. The first-order valence-electron chi connectivity index (χ1n) is 9.78. The fourth-order valence-electron chi connectivity index (χ4n) is 4.65. The standard InChI is InChI=1S/C20H26N6S/c1-4-16-7-17-18(21-13-22-19(17)27-16)25-6-5-20(10-25)11-26(12-20)14(2)15-8-23-24(3)9-15/h7-9,13-14H,4-6,10-12H2,1-3H3/t14-/m1/s1. The Kier molecular flexibility index (Phi) is 3.98. The Morgan fingerprint density at radius 3 is 2.85 bits per heavy atom. The summed E-state index contributed by atoms with van der Waals surface area (Å²) in [4.78, 5) is 16.7. The van der Waals surface area contributed by atoms with Crippen molar-refractivity contribution in [1.29, 1.82) is 0 Å². The van der Waals surface area contributed by atoms with Crippen LogP contribution in [0.1, 0.15) is 36.8 Å². The third-order valence-electron chi connectivity index (χ3n) is 6.28. The molecule has 2 saturated heterocycles. The van der Waals surface area contributed by atoms with E-state index < -0.39 is 0 Å². The molecule has 5 rings (SSSR count). The minimum atomic E-state index is 0.414. The molecular formula is C20H26N6S. The molecule has 27 heavy (non-hydrogen) atoms. The minimum absolute atomic E-state index is 0.414. The van der Waals surface area contributed by atoms with Gasteiger partial charge in [0.2, 0.25) is 0 Å². The molecule has 0 aliphatic carbocycles. The van der Waals surface area contributed by atoms with Crippen molar-refractivity contribution in [2.75, 3.05) is 31.1 Å². The summed E-state index contributed by atoms with van der Waals surface area (Å²) in [6.45, 7) is 9.03. The van der Waals surface area contributed by atoms with Crippen LogP contribution in [-0.4, -0.2) is 50.8 Å². The quantitative estimate of drug-likeness (QED) is 0.693. The molecule has 2 aliphatic heterocycles. The lowest BCUT2D eigenvalue weighted by Gasteiger charge is -2.50. The Morgan fingerprint density at radius 1 is 1.26 bits per heavy atom. The van der Waals surface area contributed by atoms with Gasteiger partial charge in [0.05, 0.1) is 11.6 Å². The third kappa shape index (κ3) is 2.84. The van der Waals surface area contributed by atoms with E-state index in [1.165, 1.54) is 22.2 Å². The summed E-state index contributed by atoms with van der Waals surface area (Å²) in [6.07, 6.45) is 8.17. The normalized spacial score (nSPS) is 20.5. The van der Waals surface area contributed by atoms with Crippen LogP contribution >= 0.6 is 11.3 Å². The molecule has 0 unspecified atom stereocenters. The van der Waals surface area contributed by atoms with Crippen molar-refractivity contribution in [2.24, 2.45) is 12.5 Å². The van der Waals surface area contributed by atoms with Gasteiger partial charge in [0.25, 0.3) is 0 Å². The highest BCUT2D eigenvalue weighted by molar-refractivity contribution is 7.18. The highest BCUT2D eigenvalue weighted by Crippen LogP contribution is 2.45. The summed E-state index contributed by atoms with van der Waals surface area (Å²) in [5, 5.41) is 5.56. The van der Waals surface area contributed by atoms with Gasteiger partial charge in [-0.25, -0.2) is 9.97 Å². The van der Waals surface area contributed by atoms with E-state index in [4.69, 9.17) is 0 Å². The largest absolute Gasteiger partial charge is 0.355 e. The van der Waals surface area contributed by atoms with Gasteiger partial charge in [-0.05, 0) is 25.8 Å². The van der Waals surface area contributed by atoms with Gasteiger partial charge in [-0.3, -0.25) is 9.58 Å². The van der Waals surface area contributed by atoms with Crippen molar-refractivity contribution in [3.05, 3.63) is 35.2 Å². The van der Waals surface area contributed by atoms with Gasteiger partial charge in [0.1, 0.15) is 17.0 Å². The van der Waals surface area contributed by atoms with Crippen LogP contribution in [0, 0.1) is 5.41 Å². The van der Waals surface area contributed by atoms with E-state index >= 15 is 0 Å². The van der Waals surface area contributed by atoms with Crippen molar-refractivity contribution in [2.45, 2.75) is 32.7 Å². The molecule has 0 amide bonds. The summed E-state index contributed by atoms with van der Waals surface area (Å²) in [7, 11) is 1.99. The zero-order chi connectivity index (χ0) is 18.6. The topological polar surface area (TPSA) is 50.1 Å². The smallest absolute Gasteiger partial charge is 0.140 e. The van der Waals surface area contributed by atoms with Gasteiger partial charge in [0.15, 0.2) is 0 Å². The van der Waals surface area contributed by atoms with Crippen LogP contribution in [0.25, 0.3) is 10.2 Å². The van der Waals surface area contributed by atoms with E-state index in [9.17, 15) is 0 Å². The number of anilines is 1. The average Bonchev–Trinajstić information content (AvgIpc) is 3.36. The maximum atomic E-state index is 4.66. The van der Waals surface area contributed by atoms with Gasteiger partial charge in [-0.2, -0.15) is 5.10 Å². The summed E-state index contributed by atoms with van der Waals surface area (Å²) in [6, 6.07) is 2.73. The number of aromatic nitrogens is 4. The van der Waals surface area contributed by atoms with Gasteiger partial charge in [-0.15, -0.1) is 11.3 Å². The summed E-state index contributed by atoms with van der Waals surface area (Å²) < 4.78 is 1.89. The van der Waals surface area contributed by atoms with E-state index in [1.54, 1.807) is 17.7 Å². The Bertz CT molecular complexity index is 970. The van der Waals surface area contributed by atoms with Crippen molar-refractivity contribution in [1.82, 2.24) is 24.6 Å². The molecule has 142 valence electrons. The molecule has 3 aromatic rings. The number of thiophene rings is 1. The fraction of sp³-hybridized carbons (Fsp3) is 0.550. The third-order valence-corrected chi connectivity index (χ3v) is 7.47. The molecular weight excluding hydrogens is 356 g/mol. The van der Waals surface area contributed by atoms with Crippen LogP contribution in [0.3, 0.4) is 0 Å². The minimum Gasteiger partial charge on any atom is -0.355 e. The summed E-state index contributed by atoms with van der Waals surface area (Å²) in [5.41, 5.74) is 1.72. The highest BCUT2D eigenvalue weighted by atomic mass is 32.1. The molecule has 0 bridgehead atoms. The van der Waals surface area contributed by atoms with E-state index in [2.05, 4.69) is 51.0 Å². The van der Waals surface area contributed by atoms with Crippen molar-refractivity contribution < 1.29 is 0 Å². The lowest BCUT2D eigenvalue weighted by Crippen LogP contribution is -2.58. The Balaban J connectivity index is 1.31. The molecule has 0 aromatic carbocycles. The van der Waals surface area contributed by atoms with Crippen LogP contribution in [0.2, 0.25) is 0 Å². The van der Waals surface area contributed by atoms with Crippen LogP contribution in [0.15, 0.2) is 24.8 Å². The SMILES string of the molecule is CCc1cc2c(N3CCC4(C3)CN([C@H](C)c3cnn(C)c3)C4)ncnc2s1. The predicted octanol–water partition coefficient (Wildman–Crippen LogP) is 3.26. The zero-order valence-electron chi connectivity index (χ0n) is 16.2. The maximum Gasteiger partial charge on any atom is 0.140 e. The number of aryl methyl sites for hydroxylation is 2. The van der Waals surface area contributed by atoms with Crippen molar-refractivity contribution >= 4 is 27.4 Å². The summed E-state index contributed by atoms with van der Waals surface area (Å²) in [5.74, 6) is 1.13. The first-order valence-corrected chi connectivity index (χ1v) is 10.6. The lowest BCUT2D eigenvalue weighted by atomic mass is 9.78. The molecule has 1 atom stereocenters. The molecule has 5 heterocycles. The van der Waals surface area contributed by atoms with E-state index in [-0.39, 0.29) is 0 Å². The molecule has 2 fully saturated rings.